The molecule has 0 unspecified atom stereocenters. The van der Waals surface area contributed by atoms with Crippen LogP contribution in [0.4, 0.5) is 5.69 Å². The summed E-state index contributed by atoms with van der Waals surface area (Å²) in [7, 11) is 0. The number of rotatable bonds is 8. The van der Waals surface area contributed by atoms with Crippen LogP contribution in [0.25, 0.3) is 17.1 Å². The molecule has 1 aromatic heterocycles. The Morgan fingerprint density at radius 2 is 1.75 bits per heavy atom. The van der Waals surface area contributed by atoms with Gasteiger partial charge in [0.05, 0.1) is 19.0 Å². The highest BCUT2D eigenvalue weighted by Gasteiger charge is 2.17. The van der Waals surface area contributed by atoms with Crippen LogP contribution in [-0.2, 0) is 16.1 Å². The van der Waals surface area contributed by atoms with Gasteiger partial charge in [-0.15, -0.1) is 10.2 Å². The molecular formula is C28H29N5O2S. The fourth-order valence-corrected chi connectivity index (χ4v) is 4.93. The number of amides is 1. The van der Waals surface area contributed by atoms with Crippen LogP contribution in [-0.4, -0.2) is 57.6 Å². The number of anilines is 1. The Morgan fingerprint density at radius 1 is 0.972 bits per heavy atom. The van der Waals surface area contributed by atoms with Gasteiger partial charge in [0.2, 0.25) is 5.91 Å². The number of morpholine rings is 1. The van der Waals surface area contributed by atoms with E-state index < -0.39 is 0 Å². The summed E-state index contributed by atoms with van der Waals surface area (Å²) in [6, 6.07) is 26.2. The maximum Gasteiger partial charge on any atom is 0.234 e. The Kier molecular flexibility index (Phi) is 7.76. The van der Waals surface area contributed by atoms with Gasteiger partial charge in [-0.3, -0.25) is 14.3 Å². The van der Waals surface area contributed by atoms with Crippen LogP contribution in [0.1, 0.15) is 11.1 Å². The Bertz CT molecular complexity index is 1300. The highest BCUT2D eigenvalue weighted by molar-refractivity contribution is 7.99. The lowest BCUT2D eigenvalue weighted by Gasteiger charge is -2.26. The number of aromatic nitrogens is 3. The van der Waals surface area contributed by atoms with E-state index in [2.05, 4.69) is 51.6 Å². The second-order valence-corrected chi connectivity index (χ2v) is 9.71. The van der Waals surface area contributed by atoms with Crippen LogP contribution >= 0.6 is 11.8 Å². The van der Waals surface area contributed by atoms with Gasteiger partial charge < -0.3 is 10.1 Å². The van der Waals surface area contributed by atoms with Crippen molar-refractivity contribution in [2.24, 2.45) is 0 Å². The number of benzene rings is 3. The van der Waals surface area contributed by atoms with Crippen molar-refractivity contribution in [2.45, 2.75) is 18.6 Å². The SMILES string of the molecule is Cc1cccc(-c2nnc(SCC(=O)Nc3ccc(CN4CCOCC4)cc3)n2-c2ccccc2)c1. The van der Waals surface area contributed by atoms with Crippen molar-refractivity contribution in [1.82, 2.24) is 19.7 Å². The first-order valence-electron chi connectivity index (χ1n) is 12.1. The third kappa shape index (κ3) is 6.02. The molecule has 4 aromatic rings. The lowest BCUT2D eigenvalue weighted by atomic mass is 10.1. The normalized spacial score (nSPS) is 14.0. The molecule has 0 bridgehead atoms. The fraction of sp³-hybridized carbons (Fsp3) is 0.250. The zero-order valence-electron chi connectivity index (χ0n) is 20.3. The zero-order valence-corrected chi connectivity index (χ0v) is 21.1. The molecule has 1 aliphatic heterocycles. The van der Waals surface area contributed by atoms with E-state index in [1.807, 2.05) is 59.2 Å². The average molecular weight is 500 g/mol. The van der Waals surface area contributed by atoms with Crippen molar-refractivity contribution in [3.63, 3.8) is 0 Å². The van der Waals surface area contributed by atoms with Crippen LogP contribution in [0.15, 0.2) is 84.0 Å². The molecule has 0 radical (unpaired) electrons. The third-order valence-electron chi connectivity index (χ3n) is 6.00. The van der Waals surface area contributed by atoms with Crippen LogP contribution in [0.3, 0.4) is 0 Å². The number of nitrogens with one attached hydrogen (secondary N) is 1. The number of ether oxygens (including phenoxy) is 1. The Balaban J connectivity index is 1.25. The molecule has 0 saturated carbocycles. The predicted molar refractivity (Wildman–Crippen MR) is 143 cm³/mol. The van der Waals surface area contributed by atoms with Crippen LogP contribution in [0.5, 0.6) is 0 Å². The zero-order chi connectivity index (χ0) is 24.7. The topological polar surface area (TPSA) is 72.3 Å². The summed E-state index contributed by atoms with van der Waals surface area (Å²) in [4.78, 5) is 15.1. The molecule has 1 amide bonds. The molecule has 36 heavy (non-hydrogen) atoms. The van der Waals surface area contributed by atoms with Gasteiger partial charge in [-0.1, -0.05) is 65.9 Å². The van der Waals surface area contributed by atoms with E-state index in [9.17, 15) is 4.79 Å². The quantitative estimate of drug-likeness (QED) is 0.351. The number of carbonyl (C=O) groups excluding carboxylic acids is 1. The van der Waals surface area contributed by atoms with Crippen molar-refractivity contribution < 1.29 is 9.53 Å². The van der Waals surface area contributed by atoms with E-state index in [1.54, 1.807) is 0 Å². The number of hydrogen-bond acceptors (Lipinski definition) is 6. The van der Waals surface area contributed by atoms with Gasteiger partial charge in [0, 0.05) is 36.6 Å². The Labute approximate surface area is 215 Å². The lowest BCUT2D eigenvalue weighted by Crippen LogP contribution is -2.35. The molecule has 0 spiro atoms. The molecule has 1 aliphatic rings. The molecule has 7 nitrogen and oxygen atoms in total. The van der Waals surface area contributed by atoms with Gasteiger partial charge in [-0.25, -0.2) is 0 Å². The van der Waals surface area contributed by atoms with Crippen LogP contribution in [0, 0.1) is 6.92 Å². The summed E-state index contributed by atoms with van der Waals surface area (Å²) in [5.41, 5.74) is 5.11. The largest absolute Gasteiger partial charge is 0.379 e. The number of thioether (sulfide) groups is 1. The van der Waals surface area contributed by atoms with Gasteiger partial charge in [-0.05, 0) is 42.8 Å². The summed E-state index contributed by atoms with van der Waals surface area (Å²) in [6.45, 7) is 6.43. The second-order valence-electron chi connectivity index (χ2n) is 8.77. The van der Waals surface area contributed by atoms with Crippen LogP contribution in [0.2, 0.25) is 0 Å². The van der Waals surface area contributed by atoms with Crippen molar-refractivity contribution >= 4 is 23.4 Å². The van der Waals surface area contributed by atoms with E-state index in [0.29, 0.717) is 5.16 Å². The maximum atomic E-state index is 12.7. The molecule has 5 rings (SSSR count). The van der Waals surface area contributed by atoms with Gasteiger partial charge in [0.1, 0.15) is 0 Å². The molecule has 3 aromatic carbocycles. The number of para-hydroxylation sites is 1. The highest BCUT2D eigenvalue weighted by Crippen LogP contribution is 2.28. The van der Waals surface area contributed by atoms with E-state index in [0.717, 1.165) is 61.2 Å². The number of carbonyl (C=O) groups is 1. The molecule has 0 atom stereocenters. The summed E-state index contributed by atoms with van der Waals surface area (Å²) in [6.07, 6.45) is 0. The smallest absolute Gasteiger partial charge is 0.234 e. The minimum Gasteiger partial charge on any atom is -0.379 e. The minimum absolute atomic E-state index is 0.0827. The number of aryl methyl sites for hydroxylation is 1. The lowest BCUT2D eigenvalue weighted by molar-refractivity contribution is -0.113. The minimum atomic E-state index is -0.0827. The van der Waals surface area contributed by atoms with Crippen LogP contribution < -0.4 is 5.32 Å². The Hall–Kier alpha value is -3.46. The molecule has 1 N–H and O–H groups in total. The third-order valence-corrected chi connectivity index (χ3v) is 6.93. The van der Waals surface area contributed by atoms with Gasteiger partial charge in [-0.2, -0.15) is 0 Å². The molecule has 0 aliphatic carbocycles. The highest BCUT2D eigenvalue weighted by atomic mass is 32.2. The maximum absolute atomic E-state index is 12.7. The first-order valence-corrected chi connectivity index (χ1v) is 13.0. The first kappa shape index (κ1) is 24.2. The summed E-state index contributed by atoms with van der Waals surface area (Å²) >= 11 is 1.37. The molecule has 2 heterocycles. The first-order chi connectivity index (χ1) is 17.7. The predicted octanol–water partition coefficient (Wildman–Crippen LogP) is 4.81. The average Bonchev–Trinajstić information content (AvgIpc) is 3.34. The number of hydrogen-bond donors (Lipinski definition) is 1. The number of nitrogens with zero attached hydrogens (tertiary/aromatic N) is 4. The molecule has 8 heteroatoms. The van der Waals surface area contributed by atoms with Gasteiger partial charge >= 0.3 is 0 Å². The van der Waals surface area contributed by atoms with E-state index in [4.69, 9.17) is 4.74 Å². The van der Waals surface area contributed by atoms with Crippen molar-refractivity contribution in [2.75, 3.05) is 37.4 Å². The Morgan fingerprint density at radius 3 is 2.50 bits per heavy atom. The standard InChI is InChI=1S/C28H29N5O2S/c1-21-6-5-7-23(18-21)27-30-31-28(33(27)25-8-3-2-4-9-25)36-20-26(34)29-24-12-10-22(11-13-24)19-32-14-16-35-17-15-32/h2-13,18H,14-17,19-20H2,1H3,(H,29,34). The van der Waals surface area contributed by atoms with E-state index in [1.165, 1.54) is 17.3 Å². The van der Waals surface area contributed by atoms with Crippen molar-refractivity contribution in [1.29, 1.82) is 0 Å². The molecule has 1 fully saturated rings. The van der Waals surface area contributed by atoms with Gasteiger partial charge in [0.15, 0.2) is 11.0 Å². The summed E-state index contributed by atoms with van der Waals surface area (Å²) in [5.74, 6) is 0.901. The summed E-state index contributed by atoms with van der Waals surface area (Å²) in [5, 5.41) is 12.6. The molecule has 1 saturated heterocycles. The van der Waals surface area contributed by atoms with E-state index >= 15 is 0 Å². The monoisotopic (exact) mass is 499 g/mol. The van der Waals surface area contributed by atoms with Crippen molar-refractivity contribution in [3.8, 4) is 17.1 Å². The molecular weight excluding hydrogens is 470 g/mol. The summed E-state index contributed by atoms with van der Waals surface area (Å²) < 4.78 is 7.42. The second kappa shape index (κ2) is 11.5. The fourth-order valence-electron chi connectivity index (χ4n) is 4.18. The van der Waals surface area contributed by atoms with Gasteiger partial charge in [0.25, 0.3) is 0 Å². The molecule has 184 valence electrons. The van der Waals surface area contributed by atoms with Crippen molar-refractivity contribution in [3.05, 3.63) is 90.0 Å². The van der Waals surface area contributed by atoms with E-state index in [-0.39, 0.29) is 11.7 Å².